The second-order valence-electron chi connectivity index (χ2n) is 8.03. The number of nitrogens with zero attached hydrogens (tertiary/aromatic N) is 1. The molecule has 1 fully saturated rings. The van der Waals surface area contributed by atoms with Crippen molar-refractivity contribution in [1.29, 1.82) is 0 Å². The van der Waals surface area contributed by atoms with Crippen LogP contribution >= 0.6 is 0 Å². The summed E-state index contributed by atoms with van der Waals surface area (Å²) >= 11 is 0. The minimum absolute atomic E-state index is 0.00953. The quantitative estimate of drug-likeness (QED) is 0.565. The number of amides is 2. The molecule has 1 aliphatic heterocycles. The fraction of sp³-hybridized carbons (Fsp3) is 0.391. The van der Waals surface area contributed by atoms with Crippen LogP contribution in [0.15, 0.2) is 48.5 Å². The summed E-state index contributed by atoms with van der Waals surface area (Å²) in [5.74, 6) is 0.843. The Hall–Kier alpha value is -2.90. The first-order valence-electron chi connectivity index (χ1n) is 10.4. The fourth-order valence-corrected chi connectivity index (χ4v) is 3.73. The van der Waals surface area contributed by atoms with Gasteiger partial charge >= 0.3 is 0 Å². The minimum atomic E-state index is -0.0488. The summed E-state index contributed by atoms with van der Waals surface area (Å²) in [6.45, 7) is 5.53. The topological polar surface area (TPSA) is 67.5 Å². The van der Waals surface area contributed by atoms with E-state index in [0.717, 1.165) is 44.2 Å². The number of ether oxygens (including phenoxy) is 1. The zero-order valence-electron chi connectivity index (χ0n) is 18.0. The fourth-order valence-electron chi connectivity index (χ4n) is 3.73. The van der Waals surface area contributed by atoms with E-state index in [1.54, 1.807) is 50.4 Å². The molecular weight excluding hydrogens is 380 g/mol. The molecule has 1 heterocycles. The third-order valence-corrected chi connectivity index (χ3v) is 5.51. The lowest BCUT2D eigenvalue weighted by Crippen LogP contribution is -3.28. The van der Waals surface area contributed by atoms with Gasteiger partial charge in [0.25, 0.3) is 11.8 Å². The number of quaternary nitrogens is 2. The molecule has 0 aromatic heterocycles. The molecule has 1 saturated heterocycles. The highest BCUT2D eigenvalue weighted by Gasteiger charge is 2.25. The first-order valence-corrected chi connectivity index (χ1v) is 10.4. The van der Waals surface area contributed by atoms with Gasteiger partial charge in [0.15, 0.2) is 6.54 Å². The molecule has 3 rings (SSSR count). The normalized spacial score (nSPS) is 18.5. The zero-order valence-corrected chi connectivity index (χ0v) is 18.0. The van der Waals surface area contributed by atoms with Crippen LogP contribution in [0.3, 0.4) is 0 Å². The first kappa shape index (κ1) is 21.8. The Balaban J connectivity index is 1.42. The van der Waals surface area contributed by atoms with E-state index in [1.165, 1.54) is 15.4 Å². The summed E-state index contributed by atoms with van der Waals surface area (Å²) in [4.78, 5) is 28.7. The van der Waals surface area contributed by atoms with Gasteiger partial charge in [-0.25, -0.2) is 0 Å². The number of anilines is 1. The molecule has 0 atom stereocenters. The van der Waals surface area contributed by atoms with Crippen molar-refractivity contribution in [2.24, 2.45) is 0 Å². The largest absolute Gasteiger partial charge is 0.497 e. The summed E-state index contributed by atoms with van der Waals surface area (Å²) in [5, 5.41) is 2.94. The Kier molecular flexibility index (Phi) is 7.43. The predicted molar refractivity (Wildman–Crippen MR) is 116 cm³/mol. The van der Waals surface area contributed by atoms with Crippen LogP contribution in [0.4, 0.5) is 5.69 Å². The van der Waals surface area contributed by atoms with E-state index in [1.807, 2.05) is 12.1 Å². The van der Waals surface area contributed by atoms with Crippen LogP contribution in [0, 0.1) is 0 Å². The molecular formula is C23H32N4O3+2. The smallest absolute Gasteiger partial charge is 0.279 e. The van der Waals surface area contributed by atoms with Crippen LogP contribution in [0.2, 0.25) is 0 Å². The van der Waals surface area contributed by atoms with Gasteiger partial charge in [-0.05, 0) is 48.5 Å². The predicted octanol–water partition coefficient (Wildman–Crippen LogP) is -0.681. The van der Waals surface area contributed by atoms with Gasteiger partial charge in [-0.2, -0.15) is 0 Å². The van der Waals surface area contributed by atoms with Crippen molar-refractivity contribution in [3.8, 4) is 5.75 Å². The van der Waals surface area contributed by atoms with Gasteiger partial charge in [-0.3, -0.25) is 9.59 Å². The van der Waals surface area contributed by atoms with Crippen LogP contribution in [0.5, 0.6) is 5.75 Å². The van der Waals surface area contributed by atoms with Crippen LogP contribution in [0.1, 0.15) is 15.9 Å². The molecule has 160 valence electrons. The van der Waals surface area contributed by atoms with Crippen LogP contribution in [-0.2, 0) is 11.3 Å². The Morgan fingerprint density at radius 3 is 2.10 bits per heavy atom. The second-order valence-corrected chi connectivity index (χ2v) is 8.03. The molecule has 7 heteroatoms. The summed E-state index contributed by atoms with van der Waals surface area (Å²) in [5.41, 5.74) is 2.64. The van der Waals surface area contributed by atoms with Gasteiger partial charge in [-0.1, -0.05) is 0 Å². The van der Waals surface area contributed by atoms with E-state index < -0.39 is 0 Å². The lowest BCUT2D eigenvalue weighted by molar-refractivity contribution is -1.02. The number of carbonyl (C=O) groups excluding carboxylic acids is 2. The van der Waals surface area contributed by atoms with Crippen LogP contribution in [0.25, 0.3) is 0 Å². The zero-order chi connectivity index (χ0) is 21.5. The number of piperazine rings is 1. The van der Waals surface area contributed by atoms with E-state index in [0.29, 0.717) is 12.1 Å². The van der Waals surface area contributed by atoms with Crippen molar-refractivity contribution in [3.63, 3.8) is 0 Å². The molecule has 30 heavy (non-hydrogen) atoms. The molecule has 3 N–H and O–H groups in total. The first-order chi connectivity index (χ1) is 14.4. The molecule has 7 nitrogen and oxygen atoms in total. The minimum Gasteiger partial charge on any atom is -0.497 e. The SMILES string of the molecule is COc1ccc(C[NH+]2CC[NH+](CC(=O)Nc3ccc(C(=O)N(C)C)cc3)CC2)cc1. The molecule has 0 bridgehead atoms. The number of benzene rings is 2. The number of nitrogens with one attached hydrogen (secondary N) is 3. The number of methoxy groups -OCH3 is 1. The van der Waals surface area contributed by atoms with Crippen LogP contribution in [-0.4, -0.2) is 70.6 Å². The number of hydrogen-bond acceptors (Lipinski definition) is 3. The molecule has 0 spiro atoms. The van der Waals surface area contributed by atoms with Crippen molar-refractivity contribution in [2.45, 2.75) is 6.54 Å². The van der Waals surface area contributed by atoms with Crippen molar-refractivity contribution < 1.29 is 24.1 Å². The van der Waals surface area contributed by atoms with Crippen molar-refractivity contribution in [1.82, 2.24) is 4.90 Å². The van der Waals surface area contributed by atoms with Gasteiger partial charge in [0, 0.05) is 30.9 Å². The van der Waals surface area contributed by atoms with Crippen molar-refractivity contribution in [3.05, 3.63) is 59.7 Å². The van der Waals surface area contributed by atoms with E-state index in [2.05, 4.69) is 17.4 Å². The average Bonchev–Trinajstić information content (AvgIpc) is 2.75. The second kappa shape index (κ2) is 10.2. The van der Waals surface area contributed by atoms with Gasteiger partial charge in [0.2, 0.25) is 0 Å². The number of carbonyl (C=O) groups is 2. The Bertz CT molecular complexity index is 842. The third-order valence-electron chi connectivity index (χ3n) is 5.51. The third kappa shape index (κ3) is 6.05. The Labute approximate surface area is 178 Å². The van der Waals surface area contributed by atoms with Gasteiger partial charge in [0.1, 0.15) is 38.5 Å². The Morgan fingerprint density at radius 2 is 1.53 bits per heavy atom. The van der Waals surface area contributed by atoms with E-state index in [9.17, 15) is 9.59 Å². The highest BCUT2D eigenvalue weighted by molar-refractivity contribution is 5.95. The molecule has 1 aliphatic rings. The molecule has 2 aromatic rings. The average molecular weight is 413 g/mol. The highest BCUT2D eigenvalue weighted by atomic mass is 16.5. The molecule has 0 saturated carbocycles. The van der Waals surface area contributed by atoms with E-state index in [-0.39, 0.29) is 11.8 Å². The maximum absolute atomic E-state index is 12.4. The maximum atomic E-state index is 12.4. The molecule has 2 aromatic carbocycles. The number of rotatable bonds is 7. The molecule has 0 unspecified atom stereocenters. The Morgan fingerprint density at radius 1 is 0.933 bits per heavy atom. The van der Waals surface area contributed by atoms with Gasteiger partial charge in [0.05, 0.1) is 7.11 Å². The van der Waals surface area contributed by atoms with Crippen molar-refractivity contribution >= 4 is 17.5 Å². The summed E-state index contributed by atoms with van der Waals surface area (Å²) in [6, 6.07) is 15.3. The summed E-state index contributed by atoms with van der Waals surface area (Å²) in [7, 11) is 5.12. The van der Waals surface area contributed by atoms with Gasteiger partial charge in [-0.15, -0.1) is 0 Å². The van der Waals surface area contributed by atoms with Gasteiger partial charge < -0.3 is 24.8 Å². The van der Waals surface area contributed by atoms with Crippen LogP contribution < -0.4 is 19.9 Å². The number of hydrogen-bond donors (Lipinski definition) is 3. The van der Waals surface area contributed by atoms with E-state index >= 15 is 0 Å². The maximum Gasteiger partial charge on any atom is 0.279 e. The monoisotopic (exact) mass is 412 g/mol. The summed E-state index contributed by atoms with van der Waals surface area (Å²) < 4.78 is 5.21. The summed E-state index contributed by atoms with van der Waals surface area (Å²) in [6.07, 6.45) is 0. The molecule has 0 radical (unpaired) electrons. The van der Waals surface area contributed by atoms with Crippen molar-refractivity contribution in [2.75, 3.05) is 59.2 Å². The molecule has 0 aliphatic carbocycles. The highest BCUT2D eigenvalue weighted by Crippen LogP contribution is 2.11. The lowest BCUT2D eigenvalue weighted by Gasteiger charge is -2.29. The molecule has 2 amide bonds. The standard InChI is InChI=1S/C23H30N4O3/c1-25(2)23(29)19-6-8-20(9-7-19)24-22(28)17-27-14-12-26(13-15-27)16-18-4-10-21(30-3)11-5-18/h4-11H,12-17H2,1-3H3,(H,24,28)/p+2. The lowest BCUT2D eigenvalue weighted by atomic mass is 10.2. The van der Waals surface area contributed by atoms with E-state index in [4.69, 9.17) is 4.74 Å².